The van der Waals surface area contributed by atoms with Gasteiger partial charge in [-0.1, -0.05) is 12.1 Å². The predicted molar refractivity (Wildman–Crippen MR) is 82.7 cm³/mol. The molecular formula is C14H18N3O4S+. The molecule has 1 unspecified atom stereocenters. The van der Waals surface area contributed by atoms with Crippen LogP contribution in [0, 0.1) is 13.8 Å². The zero-order chi connectivity index (χ0) is 16.7. The average Bonchev–Trinajstić information content (AvgIpc) is 2.44. The number of amides is 3. The third-order valence-corrected chi connectivity index (χ3v) is 5.00. The minimum Gasteiger partial charge on any atom is -0.282 e. The Balaban J connectivity index is 2.40. The average molecular weight is 324 g/mol. The molecule has 0 spiro atoms. The van der Waals surface area contributed by atoms with Gasteiger partial charge in [0.05, 0.1) is 19.8 Å². The van der Waals surface area contributed by atoms with Gasteiger partial charge in [-0.25, -0.2) is 17.8 Å². The molecule has 0 radical (unpaired) electrons. The Hall–Kier alpha value is -2.22. The molecule has 1 aromatic rings. The molecule has 7 nitrogen and oxygen atoms in total. The summed E-state index contributed by atoms with van der Waals surface area (Å²) in [4.78, 5) is 24.5. The minimum absolute atomic E-state index is 0.420. The Bertz CT molecular complexity index is 783. The van der Waals surface area contributed by atoms with Crippen molar-refractivity contribution in [3.05, 3.63) is 29.3 Å². The SMILES string of the molecule is Cc1ccc(C)c(NS(=O)(=O)C2C=[N+](C)C(=O)N(C)C2=O)c1. The number of benzene rings is 1. The van der Waals surface area contributed by atoms with Crippen molar-refractivity contribution in [2.24, 2.45) is 0 Å². The van der Waals surface area contributed by atoms with E-state index in [0.29, 0.717) is 5.69 Å². The maximum atomic E-state index is 12.5. The number of nitrogens with zero attached hydrogens (tertiary/aromatic N) is 2. The number of hydrogen-bond acceptors (Lipinski definition) is 4. The van der Waals surface area contributed by atoms with Crippen molar-refractivity contribution in [3.8, 4) is 0 Å². The number of nitrogens with one attached hydrogen (secondary N) is 1. The van der Waals surface area contributed by atoms with Gasteiger partial charge in [-0.05, 0) is 31.0 Å². The number of hydrogen-bond donors (Lipinski definition) is 1. The Morgan fingerprint density at radius 1 is 1.23 bits per heavy atom. The van der Waals surface area contributed by atoms with Gasteiger partial charge in [0, 0.05) is 0 Å². The summed E-state index contributed by atoms with van der Waals surface area (Å²) < 4.78 is 28.5. The van der Waals surface area contributed by atoms with Crippen LogP contribution in [0.1, 0.15) is 11.1 Å². The van der Waals surface area contributed by atoms with Crippen molar-refractivity contribution >= 4 is 33.9 Å². The highest BCUT2D eigenvalue weighted by Crippen LogP contribution is 2.20. The first-order valence-electron chi connectivity index (χ1n) is 6.61. The number of aryl methyl sites for hydroxylation is 2. The van der Waals surface area contributed by atoms with Gasteiger partial charge in [-0.3, -0.25) is 4.72 Å². The number of carbonyl (C=O) groups excluding carboxylic acids is 2. The van der Waals surface area contributed by atoms with E-state index in [9.17, 15) is 18.0 Å². The summed E-state index contributed by atoms with van der Waals surface area (Å²) >= 11 is 0. The minimum atomic E-state index is -4.00. The van der Waals surface area contributed by atoms with Crippen LogP contribution in [0.4, 0.5) is 10.5 Å². The molecule has 22 heavy (non-hydrogen) atoms. The molecule has 1 N–H and O–H groups in total. The largest absolute Gasteiger partial charge is 0.500 e. The van der Waals surface area contributed by atoms with Crippen molar-refractivity contribution in [2.45, 2.75) is 19.1 Å². The maximum absolute atomic E-state index is 12.5. The molecule has 1 atom stereocenters. The fourth-order valence-electron chi connectivity index (χ4n) is 2.13. The second kappa shape index (κ2) is 5.53. The molecule has 1 aliphatic heterocycles. The molecule has 0 saturated heterocycles. The lowest BCUT2D eigenvalue weighted by Gasteiger charge is -2.20. The van der Waals surface area contributed by atoms with E-state index in [1.807, 2.05) is 13.0 Å². The Morgan fingerprint density at radius 3 is 2.50 bits per heavy atom. The van der Waals surface area contributed by atoms with Crippen molar-refractivity contribution < 1.29 is 22.6 Å². The molecule has 8 heteroatoms. The molecule has 0 aliphatic carbocycles. The van der Waals surface area contributed by atoms with E-state index in [1.54, 1.807) is 19.1 Å². The quantitative estimate of drug-likeness (QED) is 0.830. The highest BCUT2D eigenvalue weighted by atomic mass is 32.2. The topological polar surface area (TPSA) is 86.6 Å². The van der Waals surface area contributed by atoms with Gasteiger partial charge < -0.3 is 0 Å². The van der Waals surface area contributed by atoms with Gasteiger partial charge in [0.15, 0.2) is 0 Å². The Kier molecular flexibility index (Phi) is 4.06. The smallest absolute Gasteiger partial charge is 0.282 e. The van der Waals surface area contributed by atoms with Crippen LogP contribution >= 0.6 is 0 Å². The normalized spacial score (nSPS) is 19.2. The van der Waals surface area contributed by atoms with Gasteiger partial charge in [-0.15, -0.1) is 0 Å². The van der Waals surface area contributed by atoms with E-state index in [0.717, 1.165) is 26.8 Å². The van der Waals surface area contributed by atoms with Crippen LogP contribution in [0.25, 0.3) is 0 Å². The summed E-state index contributed by atoms with van der Waals surface area (Å²) in [7, 11) is -1.34. The first-order valence-corrected chi connectivity index (χ1v) is 8.16. The summed E-state index contributed by atoms with van der Waals surface area (Å²) in [6, 6.07) is 4.79. The van der Waals surface area contributed by atoms with E-state index in [1.165, 1.54) is 14.1 Å². The summed E-state index contributed by atoms with van der Waals surface area (Å²) in [5.74, 6) is -0.777. The standard InChI is InChI=1S/C14H18N3O4S/c1-9-5-6-10(2)11(7-9)15-22(20,21)12-8-16(3)14(19)17(4)13(12)18/h5-8,12,15H,1-4H3/q+1. The van der Waals surface area contributed by atoms with Crippen LogP contribution in [0.3, 0.4) is 0 Å². The molecule has 3 amide bonds. The van der Waals surface area contributed by atoms with Gasteiger partial charge in [-0.2, -0.15) is 9.69 Å². The highest BCUT2D eigenvalue weighted by molar-refractivity contribution is 7.94. The van der Waals surface area contributed by atoms with Gasteiger partial charge in [0.1, 0.15) is 6.21 Å². The van der Waals surface area contributed by atoms with Crippen LogP contribution in [-0.2, 0) is 14.8 Å². The van der Waals surface area contributed by atoms with Crippen molar-refractivity contribution in [3.63, 3.8) is 0 Å². The predicted octanol–water partition coefficient (Wildman–Crippen LogP) is 0.719. The molecular weight excluding hydrogens is 306 g/mol. The Morgan fingerprint density at radius 2 is 1.86 bits per heavy atom. The van der Waals surface area contributed by atoms with E-state index >= 15 is 0 Å². The summed E-state index contributed by atoms with van der Waals surface area (Å²) in [5.41, 5.74) is 2.06. The second-order valence-corrected chi connectivity index (χ2v) is 7.13. The van der Waals surface area contributed by atoms with Crippen molar-refractivity contribution in [1.82, 2.24) is 4.90 Å². The lowest BCUT2D eigenvalue weighted by molar-refractivity contribution is -0.399. The molecule has 0 bridgehead atoms. The first-order chi connectivity index (χ1) is 10.1. The third-order valence-electron chi connectivity index (χ3n) is 3.50. The molecule has 118 valence electrons. The number of carbonyl (C=O) groups is 2. The molecule has 2 rings (SSSR count). The highest BCUT2D eigenvalue weighted by Gasteiger charge is 2.46. The molecule has 1 heterocycles. The molecule has 0 saturated carbocycles. The molecule has 0 aromatic heterocycles. The van der Waals surface area contributed by atoms with Crippen LogP contribution < -0.4 is 4.72 Å². The van der Waals surface area contributed by atoms with Gasteiger partial charge >= 0.3 is 11.9 Å². The van der Waals surface area contributed by atoms with E-state index in [2.05, 4.69) is 4.72 Å². The van der Waals surface area contributed by atoms with Crippen LogP contribution in [-0.4, -0.2) is 55.4 Å². The summed E-state index contributed by atoms with van der Waals surface area (Å²) in [6.07, 6.45) is 1.11. The fourth-order valence-corrected chi connectivity index (χ4v) is 3.55. The van der Waals surface area contributed by atoms with Crippen LogP contribution in [0.2, 0.25) is 0 Å². The number of rotatable bonds is 3. The third kappa shape index (κ3) is 2.87. The number of sulfonamides is 1. The van der Waals surface area contributed by atoms with Gasteiger partial charge in [0.25, 0.3) is 10.0 Å². The summed E-state index contributed by atoms with van der Waals surface area (Å²) in [6.45, 7) is 3.61. The lowest BCUT2D eigenvalue weighted by atomic mass is 10.1. The zero-order valence-electron chi connectivity index (χ0n) is 12.8. The van der Waals surface area contributed by atoms with E-state index < -0.39 is 27.2 Å². The number of imide groups is 1. The molecule has 0 fully saturated rings. The first kappa shape index (κ1) is 16.2. The van der Waals surface area contributed by atoms with E-state index in [-0.39, 0.29) is 0 Å². The Labute approximate surface area is 129 Å². The number of anilines is 1. The molecule has 1 aliphatic rings. The molecule has 1 aromatic carbocycles. The van der Waals surface area contributed by atoms with Gasteiger partial charge in [0.2, 0.25) is 5.25 Å². The number of urea groups is 1. The van der Waals surface area contributed by atoms with Crippen molar-refractivity contribution in [2.75, 3.05) is 18.8 Å². The van der Waals surface area contributed by atoms with Crippen LogP contribution in [0.15, 0.2) is 18.2 Å². The zero-order valence-corrected chi connectivity index (χ0v) is 13.6. The van der Waals surface area contributed by atoms with Crippen molar-refractivity contribution in [1.29, 1.82) is 0 Å². The van der Waals surface area contributed by atoms with Crippen LogP contribution in [0.5, 0.6) is 0 Å². The lowest BCUT2D eigenvalue weighted by Crippen LogP contribution is -2.54. The van der Waals surface area contributed by atoms with E-state index in [4.69, 9.17) is 0 Å². The monoisotopic (exact) mass is 324 g/mol. The fraction of sp³-hybridized carbons (Fsp3) is 0.357. The summed E-state index contributed by atoms with van der Waals surface area (Å²) in [5, 5.41) is -1.44. The maximum Gasteiger partial charge on any atom is 0.500 e. The second-order valence-electron chi connectivity index (χ2n) is 5.33.